The molecule has 0 unspecified atom stereocenters. The first-order chi connectivity index (χ1) is 12.1. The number of amides is 2. The topological polar surface area (TPSA) is 88.5 Å². The molecule has 0 saturated carbocycles. The smallest absolute Gasteiger partial charge is 0.242 e. The van der Waals surface area contributed by atoms with Crippen LogP contribution in [0.4, 0.5) is 0 Å². The van der Waals surface area contributed by atoms with E-state index in [1.165, 1.54) is 0 Å². The van der Waals surface area contributed by atoms with Crippen LogP contribution >= 0.6 is 0 Å². The number of nitrogens with one attached hydrogen (secondary N) is 2. The summed E-state index contributed by atoms with van der Waals surface area (Å²) in [6, 6.07) is -0.404. The summed E-state index contributed by atoms with van der Waals surface area (Å²) in [6.07, 6.45) is 6.46. The number of hydrogen-bond donors (Lipinski definition) is 2. The third kappa shape index (κ3) is 5.27. The fourth-order valence-corrected chi connectivity index (χ4v) is 3.33. The molecule has 0 radical (unpaired) electrons. The summed E-state index contributed by atoms with van der Waals surface area (Å²) in [5.74, 6) is -0.169. The van der Waals surface area contributed by atoms with Crippen LogP contribution in [0, 0.1) is 6.92 Å². The maximum absolute atomic E-state index is 12.3. The van der Waals surface area contributed by atoms with Gasteiger partial charge < -0.3 is 15.4 Å². The molecule has 1 aromatic heterocycles. The van der Waals surface area contributed by atoms with Gasteiger partial charge in [0, 0.05) is 25.8 Å². The number of nitrogens with zero attached hydrogens (tertiary/aromatic N) is 3. The lowest BCUT2D eigenvalue weighted by molar-refractivity contribution is -0.130. The lowest BCUT2D eigenvalue weighted by atomic mass is 10.1. The number of ether oxygens (including phenoxy) is 1. The van der Waals surface area contributed by atoms with Crippen LogP contribution in [-0.2, 0) is 20.9 Å². The van der Waals surface area contributed by atoms with Gasteiger partial charge in [-0.15, -0.1) is 0 Å². The minimum absolute atomic E-state index is 0.0158. The molecule has 138 valence electrons. The highest BCUT2D eigenvalue weighted by molar-refractivity contribution is 5.88. The number of rotatable bonds is 5. The molecule has 2 N–H and O–H groups in total. The van der Waals surface area contributed by atoms with Crippen molar-refractivity contribution in [3.8, 4) is 0 Å². The SMILES string of the molecule is Cc1cnn(C[C@H]2CN(CC(=O)N[C@@H]3CCCCNC3=O)CCO2)c1. The molecule has 2 aliphatic heterocycles. The fraction of sp³-hybridized carbons (Fsp3) is 0.706. The number of aryl methyl sites for hydroxylation is 1. The number of aromatic nitrogens is 2. The molecule has 0 bridgehead atoms. The van der Waals surface area contributed by atoms with Gasteiger partial charge in [-0.25, -0.2) is 0 Å². The van der Waals surface area contributed by atoms with Crippen molar-refractivity contribution in [2.75, 3.05) is 32.8 Å². The zero-order chi connectivity index (χ0) is 17.6. The zero-order valence-electron chi connectivity index (χ0n) is 14.7. The molecular formula is C17H27N5O3. The van der Waals surface area contributed by atoms with E-state index in [0.29, 0.717) is 39.2 Å². The van der Waals surface area contributed by atoms with Crippen molar-refractivity contribution in [1.82, 2.24) is 25.3 Å². The predicted octanol–water partition coefficient (Wildman–Crippen LogP) is -0.323. The van der Waals surface area contributed by atoms with Crippen molar-refractivity contribution in [3.05, 3.63) is 18.0 Å². The second kappa shape index (κ2) is 8.44. The molecular weight excluding hydrogens is 322 g/mol. The van der Waals surface area contributed by atoms with E-state index in [4.69, 9.17) is 4.74 Å². The predicted molar refractivity (Wildman–Crippen MR) is 91.9 cm³/mol. The van der Waals surface area contributed by atoms with E-state index in [-0.39, 0.29) is 17.9 Å². The average molecular weight is 349 g/mol. The molecule has 1 aromatic rings. The molecule has 3 heterocycles. The fourth-order valence-electron chi connectivity index (χ4n) is 3.33. The van der Waals surface area contributed by atoms with Crippen LogP contribution in [0.1, 0.15) is 24.8 Å². The van der Waals surface area contributed by atoms with Crippen LogP contribution in [0.15, 0.2) is 12.4 Å². The van der Waals surface area contributed by atoms with Gasteiger partial charge in [0.05, 0.1) is 32.0 Å². The molecule has 8 nitrogen and oxygen atoms in total. The largest absolute Gasteiger partial charge is 0.374 e. The Morgan fingerprint density at radius 2 is 2.36 bits per heavy atom. The maximum atomic E-state index is 12.3. The molecule has 3 rings (SSSR count). The lowest BCUT2D eigenvalue weighted by Gasteiger charge is -2.32. The van der Waals surface area contributed by atoms with Gasteiger partial charge in [-0.3, -0.25) is 19.2 Å². The lowest BCUT2D eigenvalue weighted by Crippen LogP contribution is -2.51. The summed E-state index contributed by atoms with van der Waals surface area (Å²) >= 11 is 0. The van der Waals surface area contributed by atoms with Crippen LogP contribution in [0.2, 0.25) is 0 Å². The van der Waals surface area contributed by atoms with Gasteiger partial charge in [-0.05, 0) is 31.7 Å². The molecule has 25 heavy (non-hydrogen) atoms. The summed E-state index contributed by atoms with van der Waals surface area (Å²) < 4.78 is 7.66. The molecule has 2 aliphatic rings. The van der Waals surface area contributed by atoms with Crippen molar-refractivity contribution in [2.24, 2.45) is 0 Å². The molecule has 2 fully saturated rings. The molecule has 0 aliphatic carbocycles. The van der Waals surface area contributed by atoms with E-state index in [1.807, 2.05) is 24.0 Å². The Labute approximate surface area is 147 Å². The second-order valence-corrected chi connectivity index (χ2v) is 6.87. The van der Waals surface area contributed by atoms with E-state index in [0.717, 1.165) is 24.9 Å². The molecule has 8 heteroatoms. The molecule has 2 amide bonds. The van der Waals surface area contributed by atoms with E-state index >= 15 is 0 Å². The number of carbonyl (C=O) groups is 2. The third-order valence-electron chi connectivity index (χ3n) is 4.61. The van der Waals surface area contributed by atoms with Crippen molar-refractivity contribution in [3.63, 3.8) is 0 Å². The van der Waals surface area contributed by atoms with Gasteiger partial charge in [0.1, 0.15) is 6.04 Å². The van der Waals surface area contributed by atoms with Gasteiger partial charge in [0.25, 0.3) is 0 Å². The van der Waals surface area contributed by atoms with Crippen LogP contribution in [0.5, 0.6) is 0 Å². The zero-order valence-corrected chi connectivity index (χ0v) is 14.7. The Balaban J connectivity index is 1.46. The minimum atomic E-state index is -0.404. The normalized spacial score (nSPS) is 25.2. The van der Waals surface area contributed by atoms with E-state index in [2.05, 4.69) is 20.6 Å². The van der Waals surface area contributed by atoms with Crippen molar-refractivity contribution in [1.29, 1.82) is 0 Å². The first-order valence-electron chi connectivity index (χ1n) is 9.00. The average Bonchev–Trinajstić information content (AvgIpc) is 2.87. The Bertz CT molecular complexity index is 603. The Hall–Kier alpha value is -1.93. The second-order valence-electron chi connectivity index (χ2n) is 6.87. The number of carbonyl (C=O) groups excluding carboxylic acids is 2. The molecule has 0 aromatic carbocycles. The first-order valence-corrected chi connectivity index (χ1v) is 9.00. The van der Waals surface area contributed by atoms with E-state index in [1.54, 1.807) is 0 Å². The Kier molecular flexibility index (Phi) is 6.04. The van der Waals surface area contributed by atoms with Gasteiger partial charge in [-0.1, -0.05) is 0 Å². The summed E-state index contributed by atoms with van der Waals surface area (Å²) in [7, 11) is 0. The Morgan fingerprint density at radius 3 is 3.16 bits per heavy atom. The van der Waals surface area contributed by atoms with Crippen molar-refractivity contribution >= 4 is 11.8 Å². The third-order valence-corrected chi connectivity index (χ3v) is 4.61. The first kappa shape index (κ1) is 17.9. The van der Waals surface area contributed by atoms with Crippen molar-refractivity contribution in [2.45, 2.75) is 44.9 Å². The van der Waals surface area contributed by atoms with Crippen LogP contribution in [-0.4, -0.2) is 71.4 Å². The summed E-state index contributed by atoms with van der Waals surface area (Å²) in [5.41, 5.74) is 1.12. The Morgan fingerprint density at radius 1 is 1.48 bits per heavy atom. The summed E-state index contributed by atoms with van der Waals surface area (Å²) in [4.78, 5) is 26.3. The van der Waals surface area contributed by atoms with E-state index < -0.39 is 6.04 Å². The molecule has 2 saturated heterocycles. The van der Waals surface area contributed by atoms with Crippen LogP contribution < -0.4 is 10.6 Å². The minimum Gasteiger partial charge on any atom is -0.374 e. The van der Waals surface area contributed by atoms with Gasteiger partial charge in [0.15, 0.2) is 0 Å². The van der Waals surface area contributed by atoms with Crippen molar-refractivity contribution < 1.29 is 14.3 Å². The van der Waals surface area contributed by atoms with Gasteiger partial charge >= 0.3 is 0 Å². The van der Waals surface area contributed by atoms with Crippen LogP contribution in [0.3, 0.4) is 0 Å². The van der Waals surface area contributed by atoms with Gasteiger partial charge in [0.2, 0.25) is 11.8 Å². The monoisotopic (exact) mass is 349 g/mol. The number of morpholine rings is 1. The summed E-state index contributed by atoms with van der Waals surface area (Å²) in [6.45, 7) is 5.68. The highest BCUT2D eigenvalue weighted by atomic mass is 16.5. The van der Waals surface area contributed by atoms with Crippen LogP contribution in [0.25, 0.3) is 0 Å². The highest BCUT2D eigenvalue weighted by Crippen LogP contribution is 2.09. The van der Waals surface area contributed by atoms with Gasteiger partial charge in [-0.2, -0.15) is 5.10 Å². The maximum Gasteiger partial charge on any atom is 0.242 e. The molecule has 0 spiro atoms. The van der Waals surface area contributed by atoms with E-state index in [9.17, 15) is 9.59 Å². The quantitative estimate of drug-likeness (QED) is 0.760. The summed E-state index contributed by atoms with van der Waals surface area (Å²) in [5, 5.41) is 10.0. The highest BCUT2D eigenvalue weighted by Gasteiger charge is 2.26. The number of hydrogen-bond acceptors (Lipinski definition) is 5. The standard InChI is InChI=1S/C17H27N5O3/c1-13-8-19-22(9-13)11-14-10-21(6-7-25-14)12-16(23)20-15-4-2-3-5-18-17(15)24/h8-9,14-15H,2-7,10-12H2,1H3,(H,18,24)(H,20,23)/t14-,15-/m1/s1. The molecule has 2 atom stereocenters.